The highest BCUT2D eigenvalue weighted by Crippen LogP contribution is 2.09. The van der Waals surface area contributed by atoms with Gasteiger partial charge in [0, 0.05) is 16.8 Å². The Balaban J connectivity index is 1.79. The number of rotatable bonds is 7. The van der Waals surface area contributed by atoms with Gasteiger partial charge in [0.1, 0.15) is 6.04 Å². The van der Waals surface area contributed by atoms with Gasteiger partial charge in [0.25, 0.3) is 11.8 Å². The van der Waals surface area contributed by atoms with Crippen molar-refractivity contribution < 1.29 is 23.9 Å². The van der Waals surface area contributed by atoms with E-state index < -0.39 is 36.3 Å². The van der Waals surface area contributed by atoms with Gasteiger partial charge in [-0.1, -0.05) is 18.2 Å². The number of primary amides is 1. The average Bonchev–Trinajstić information content (AvgIpc) is 2.67. The number of nitrogens with two attached hydrogens (primary N) is 1. The molecule has 0 spiro atoms. The molecule has 27 heavy (non-hydrogen) atoms. The molecule has 140 valence electrons. The number of carbonyl (C=O) groups is 4. The SMILES string of the molecule is C[C@H](NC(=O)c1ccccc1)C(=O)OCC(=O)Nc1ccc(C(N)=O)cc1. The Morgan fingerprint density at radius 1 is 0.963 bits per heavy atom. The minimum absolute atomic E-state index is 0.308. The van der Waals surface area contributed by atoms with Crippen LogP contribution >= 0.6 is 0 Å². The maximum Gasteiger partial charge on any atom is 0.328 e. The molecule has 0 saturated heterocycles. The highest BCUT2D eigenvalue weighted by Gasteiger charge is 2.19. The highest BCUT2D eigenvalue weighted by atomic mass is 16.5. The van der Waals surface area contributed by atoms with E-state index in [2.05, 4.69) is 10.6 Å². The Kier molecular flexibility index (Phi) is 6.65. The number of hydrogen-bond donors (Lipinski definition) is 3. The van der Waals surface area contributed by atoms with Crippen LogP contribution in [0.25, 0.3) is 0 Å². The van der Waals surface area contributed by atoms with Gasteiger partial charge in [-0.15, -0.1) is 0 Å². The van der Waals surface area contributed by atoms with Gasteiger partial charge in [-0.25, -0.2) is 4.79 Å². The van der Waals surface area contributed by atoms with Crippen molar-refractivity contribution in [3.05, 3.63) is 65.7 Å². The number of anilines is 1. The second-order valence-electron chi connectivity index (χ2n) is 5.66. The third kappa shape index (κ3) is 5.96. The van der Waals surface area contributed by atoms with Crippen LogP contribution in [0, 0.1) is 0 Å². The minimum Gasteiger partial charge on any atom is -0.454 e. The fourth-order valence-corrected chi connectivity index (χ4v) is 2.11. The Morgan fingerprint density at radius 2 is 1.59 bits per heavy atom. The van der Waals surface area contributed by atoms with E-state index in [-0.39, 0.29) is 0 Å². The fraction of sp³-hybridized carbons (Fsp3) is 0.158. The van der Waals surface area contributed by atoms with Gasteiger partial charge in [-0.3, -0.25) is 14.4 Å². The summed E-state index contributed by atoms with van der Waals surface area (Å²) >= 11 is 0. The summed E-state index contributed by atoms with van der Waals surface area (Å²) in [6, 6.07) is 13.4. The lowest BCUT2D eigenvalue weighted by molar-refractivity contribution is -0.148. The third-order valence-electron chi connectivity index (χ3n) is 3.54. The zero-order valence-electron chi connectivity index (χ0n) is 14.6. The van der Waals surface area contributed by atoms with Crippen molar-refractivity contribution in [2.75, 3.05) is 11.9 Å². The Morgan fingerprint density at radius 3 is 2.19 bits per heavy atom. The van der Waals surface area contributed by atoms with Crippen LogP contribution in [0.1, 0.15) is 27.6 Å². The van der Waals surface area contributed by atoms with Crippen LogP contribution in [0.15, 0.2) is 54.6 Å². The first-order valence-electron chi connectivity index (χ1n) is 8.09. The lowest BCUT2D eigenvalue weighted by Gasteiger charge is -2.13. The van der Waals surface area contributed by atoms with E-state index in [4.69, 9.17) is 10.5 Å². The molecular formula is C19H19N3O5. The van der Waals surface area contributed by atoms with Crippen molar-refractivity contribution in [1.82, 2.24) is 5.32 Å². The van der Waals surface area contributed by atoms with Crippen molar-refractivity contribution in [1.29, 1.82) is 0 Å². The molecule has 0 aromatic heterocycles. The molecule has 8 heteroatoms. The summed E-state index contributed by atoms with van der Waals surface area (Å²) in [5.74, 6) is -2.29. The van der Waals surface area contributed by atoms with Gasteiger partial charge in [0.05, 0.1) is 0 Å². The lowest BCUT2D eigenvalue weighted by Crippen LogP contribution is -2.40. The predicted molar refractivity (Wildman–Crippen MR) is 97.9 cm³/mol. The van der Waals surface area contributed by atoms with Crippen LogP contribution < -0.4 is 16.4 Å². The number of ether oxygens (including phenoxy) is 1. The zero-order valence-corrected chi connectivity index (χ0v) is 14.6. The summed E-state index contributed by atoms with van der Waals surface area (Å²) in [5.41, 5.74) is 6.27. The molecule has 0 aliphatic heterocycles. The number of hydrogen-bond acceptors (Lipinski definition) is 5. The van der Waals surface area contributed by atoms with Crippen molar-refractivity contribution in [2.45, 2.75) is 13.0 Å². The first-order chi connectivity index (χ1) is 12.9. The standard InChI is InChI=1S/C19H19N3O5/c1-12(21-18(25)14-5-3-2-4-6-14)19(26)27-11-16(23)22-15-9-7-13(8-10-15)17(20)24/h2-10,12H,11H2,1H3,(H2,20,24)(H,21,25)(H,22,23)/t12-/m0/s1. The van der Waals surface area contributed by atoms with Crippen molar-refractivity contribution in [3.8, 4) is 0 Å². The molecule has 0 bridgehead atoms. The molecule has 0 fully saturated rings. The summed E-state index contributed by atoms with van der Waals surface area (Å²) < 4.78 is 4.90. The van der Waals surface area contributed by atoms with Crippen molar-refractivity contribution >= 4 is 29.4 Å². The highest BCUT2D eigenvalue weighted by molar-refractivity contribution is 5.97. The summed E-state index contributed by atoms with van der Waals surface area (Å²) in [5, 5.41) is 5.01. The molecule has 2 aromatic rings. The van der Waals surface area contributed by atoms with Crippen LogP contribution in [0.5, 0.6) is 0 Å². The largest absolute Gasteiger partial charge is 0.454 e. The predicted octanol–water partition coefficient (Wildman–Crippen LogP) is 1.09. The van der Waals surface area contributed by atoms with Gasteiger partial charge in [0.15, 0.2) is 6.61 Å². The number of nitrogens with one attached hydrogen (secondary N) is 2. The van der Waals surface area contributed by atoms with Gasteiger partial charge in [-0.2, -0.15) is 0 Å². The summed E-state index contributed by atoms with van der Waals surface area (Å²) in [6.45, 7) is 0.950. The Labute approximate surface area is 155 Å². The number of carbonyl (C=O) groups excluding carboxylic acids is 4. The van der Waals surface area contributed by atoms with Crippen molar-refractivity contribution in [3.63, 3.8) is 0 Å². The Hall–Kier alpha value is -3.68. The molecule has 0 heterocycles. The van der Waals surface area contributed by atoms with Gasteiger partial charge in [0.2, 0.25) is 5.91 Å². The maximum absolute atomic E-state index is 12.0. The molecule has 0 aliphatic carbocycles. The first-order valence-corrected chi connectivity index (χ1v) is 8.09. The average molecular weight is 369 g/mol. The molecular weight excluding hydrogens is 350 g/mol. The molecule has 4 N–H and O–H groups in total. The van der Waals surface area contributed by atoms with Crippen LogP contribution in [-0.2, 0) is 14.3 Å². The molecule has 0 aliphatic rings. The molecule has 1 atom stereocenters. The minimum atomic E-state index is -0.916. The fourth-order valence-electron chi connectivity index (χ4n) is 2.11. The van der Waals surface area contributed by atoms with Crippen LogP contribution in [0.4, 0.5) is 5.69 Å². The monoisotopic (exact) mass is 369 g/mol. The molecule has 2 aromatic carbocycles. The van der Waals surface area contributed by atoms with E-state index in [1.54, 1.807) is 30.3 Å². The molecule has 8 nitrogen and oxygen atoms in total. The van der Waals surface area contributed by atoms with Gasteiger partial charge >= 0.3 is 5.97 Å². The molecule has 0 radical (unpaired) electrons. The topological polar surface area (TPSA) is 128 Å². The molecule has 0 saturated carbocycles. The summed E-state index contributed by atoms with van der Waals surface area (Å²) in [6.07, 6.45) is 0. The second-order valence-corrected chi connectivity index (χ2v) is 5.66. The van der Waals surface area contributed by atoms with E-state index in [1.807, 2.05) is 0 Å². The van der Waals surface area contributed by atoms with E-state index >= 15 is 0 Å². The summed E-state index contributed by atoms with van der Waals surface area (Å²) in [4.78, 5) is 46.7. The maximum atomic E-state index is 12.0. The first kappa shape index (κ1) is 19.6. The molecule has 0 unspecified atom stereocenters. The third-order valence-corrected chi connectivity index (χ3v) is 3.54. The van der Waals surface area contributed by atoms with Crippen LogP contribution in [-0.4, -0.2) is 36.3 Å². The van der Waals surface area contributed by atoms with Gasteiger partial charge < -0.3 is 21.1 Å². The number of esters is 1. The number of amides is 3. The Bertz CT molecular complexity index is 834. The van der Waals surface area contributed by atoms with Gasteiger partial charge in [-0.05, 0) is 43.3 Å². The number of benzene rings is 2. The second kappa shape index (κ2) is 9.14. The summed E-state index contributed by atoms with van der Waals surface area (Å²) in [7, 11) is 0. The van der Waals surface area contributed by atoms with Crippen LogP contribution in [0.2, 0.25) is 0 Å². The lowest BCUT2D eigenvalue weighted by atomic mass is 10.2. The molecule has 3 amide bonds. The van der Waals surface area contributed by atoms with E-state index in [0.717, 1.165) is 0 Å². The van der Waals surface area contributed by atoms with E-state index in [1.165, 1.54) is 31.2 Å². The quantitative estimate of drug-likeness (QED) is 0.630. The van der Waals surface area contributed by atoms with E-state index in [9.17, 15) is 19.2 Å². The smallest absolute Gasteiger partial charge is 0.328 e. The molecule has 2 rings (SSSR count). The normalized spacial score (nSPS) is 11.1. The van der Waals surface area contributed by atoms with E-state index in [0.29, 0.717) is 16.8 Å². The van der Waals surface area contributed by atoms with Crippen molar-refractivity contribution in [2.24, 2.45) is 5.73 Å². The van der Waals surface area contributed by atoms with Crippen LogP contribution in [0.3, 0.4) is 0 Å². The zero-order chi connectivity index (χ0) is 19.8.